The predicted molar refractivity (Wildman–Crippen MR) is 122 cm³/mol. The molecule has 0 spiro atoms. The third-order valence-electron chi connectivity index (χ3n) is 5.61. The second-order valence-electron chi connectivity index (χ2n) is 7.85. The van der Waals surface area contributed by atoms with Crippen LogP contribution in [0.15, 0.2) is 48.7 Å². The van der Waals surface area contributed by atoms with Gasteiger partial charge in [-0.25, -0.2) is 4.98 Å². The van der Waals surface area contributed by atoms with Crippen LogP contribution in [-0.2, 0) is 0 Å². The second-order valence-corrected chi connectivity index (χ2v) is 7.85. The molecule has 3 heterocycles. The molecule has 0 atom stereocenters. The Kier molecular flexibility index (Phi) is 5.21. The number of likely N-dealkylation sites (N-methyl/N-ethyl adjacent to an activating group) is 1. The molecule has 0 bridgehead atoms. The van der Waals surface area contributed by atoms with Crippen molar-refractivity contribution in [1.82, 2.24) is 14.9 Å². The molecule has 8 nitrogen and oxygen atoms in total. The van der Waals surface area contributed by atoms with E-state index in [0.717, 1.165) is 54.7 Å². The molecule has 0 unspecified atom stereocenters. The fourth-order valence-electron chi connectivity index (χ4n) is 3.73. The van der Waals surface area contributed by atoms with E-state index in [4.69, 9.17) is 9.47 Å². The highest BCUT2D eigenvalue weighted by atomic mass is 16.7. The first-order valence-corrected chi connectivity index (χ1v) is 10.5. The number of anilines is 5. The number of para-hydroxylation sites is 1. The Labute approximate surface area is 181 Å². The van der Waals surface area contributed by atoms with E-state index < -0.39 is 0 Å². The summed E-state index contributed by atoms with van der Waals surface area (Å²) in [7, 11) is 2.17. The zero-order chi connectivity index (χ0) is 21.2. The quantitative estimate of drug-likeness (QED) is 0.649. The minimum atomic E-state index is 0.230. The third kappa shape index (κ3) is 4.20. The average molecular weight is 419 g/mol. The summed E-state index contributed by atoms with van der Waals surface area (Å²) in [6.45, 7) is 6.49. The number of hydrogen-bond acceptors (Lipinski definition) is 8. The van der Waals surface area contributed by atoms with E-state index in [-0.39, 0.29) is 6.79 Å². The molecule has 1 aromatic heterocycles. The maximum atomic E-state index is 5.58. The molecule has 0 radical (unpaired) electrons. The lowest BCUT2D eigenvalue weighted by Crippen LogP contribution is -2.44. The second kappa shape index (κ2) is 8.31. The van der Waals surface area contributed by atoms with Gasteiger partial charge in [-0.15, -0.1) is 0 Å². The predicted octanol–water partition coefficient (Wildman–Crippen LogP) is 3.75. The van der Waals surface area contributed by atoms with Crippen LogP contribution in [-0.4, -0.2) is 54.9 Å². The minimum Gasteiger partial charge on any atom is -0.454 e. The van der Waals surface area contributed by atoms with Crippen molar-refractivity contribution in [2.75, 3.05) is 55.6 Å². The molecule has 31 heavy (non-hydrogen) atoms. The van der Waals surface area contributed by atoms with Gasteiger partial charge in [0.15, 0.2) is 11.5 Å². The number of aryl methyl sites for hydroxylation is 1. The molecule has 1 fully saturated rings. The number of nitrogens with one attached hydrogen (secondary N) is 2. The van der Waals surface area contributed by atoms with E-state index in [1.54, 1.807) is 6.20 Å². The van der Waals surface area contributed by atoms with Crippen LogP contribution in [0.25, 0.3) is 0 Å². The van der Waals surface area contributed by atoms with Gasteiger partial charge in [0.25, 0.3) is 0 Å². The number of hydrogen-bond donors (Lipinski definition) is 2. The Bertz CT molecular complexity index is 1060. The van der Waals surface area contributed by atoms with E-state index in [9.17, 15) is 0 Å². The van der Waals surface area contributed by atoms with Crippen LogP contribution in [0.1, 0.15) is 5.56 Å². The van der Waals surface area contributed by atoms with Crippen molar-refractivity contribution in [1.29, 1.82) is 0 Å². The summed E-state index contributed by atoms with van der Waals surface area (Å²) in [4.78, 5) is 13.9. The van der Waals surface area contributed by atoms with Gasteiger partial charge >= 0.3 is 0 Å². The number of aromatic nitrogens is 2. The Balaban J connectivity index is 1.30. The lowest BCUT2D eigenvalue weighted by atomic mass is 10.2. The third-order valence-corrected chi connectivity index (χ3v) is 5.61. The number of rotatable bonds is 5. The standard InChI is InChI=1S/C23H26N6O2/c1-16-14-24-23(27-22(16)26-19-4-3-5-20-21(19)31-15-30-20)25-17-6-8-18(9-7-17)29-12-10-28(2)11-13-29/h3-9,14H,10-13,15H2,1-2H3,(H2,24,25,26,27). The number of fused-ring (bicyclic) bond motifs is 1. The van der Waals surface area contributed by atoms with Gasteiger partial charge in [0, 0.05) is 49.3 Å². The van der Waals surface area contributed by atoms with Crippen molar-refractivity contribution in [2.45, 2.75) is 6.92 Å². The maximum absolute atomic E-state index is 5.58. The van der Waals surface area contributed by atoms with Gasteiger partial charge in [0.2, 0.25) is 12.7 Å². The smallest absolute Gasteiger partial charge is 0.231 e. The van der Waals surface area contributed by atoms with Gasteiger partial charge in [0.1, 0.15) is 5.82 Å². The highest BCUT2D eigenvalue weighted by Crippen LogP contribution is 2.40. The van der Waals surface area contributed by atoms with Crippen LogP contribution in [0.3, 0.4) is 0 Å². The molecule has 8 heteroatoms. The highest BCUT2D eigenvalue weighted by molar-refractivity contribution is 5.71. The number of benzene rings is 2. The van der Waals surface area contributed by atoms with Gasteiger partial charge in [-0.1, -0.05) is 6.07 Å². The first-order valence-electron chi connectivity index (χ1n) is 10.5. The summed E-state index contributed by atoms with van der Waals surface area (Å²) in [6, 6.07) is 14.2. The van der Waals surface area contributed by atoms with Gasteiger partial charge in [0.05, 0.1) is 5.69 Å². The molecule has 2 aliphatic heterocycles. The molecule has 2 N–H and O–H groups in total. The van der Waals surface area contributed by atoms with Crippen LogP contribution in [0.2, 0.25) is 0 Å². The highest BCUT2D eigenvalue weighted by Gasteiger charge is 2.18. The zero-order valence-electron chi connectivity index (χ0n) is 17.8. The normalized spacial score (nSPS) is 15.7. The van der Waals surface area contributed by atoms with E-state index in [1.165, 1.54) is 5.69 Å². The van der Waals surface area contributed by atoms with Gasteiger partial charge in [-0.05, 0) is 50.4 Å². The average Bonchev–Trinajstić information content (AvgIpc) is 3.27. The zero-order valence-corrected chi connectivity index (χ0v) is 17.8. The number of piperazine rings is 1. The summed E-state index contributed by atoms with van der Waals surface area (Å²) in [5.74, 6) is 2.69. The molecule has 160 valence electrons. The van der Waals surface area contributed by atoms with Crippen LogP contribution in [0.5, 0.6) is 11.5 Å². The summed E-state index contributed by atoms with van der Waals surface area (Å²) in [5.41, 5.74) is 3.95. The Morgan fingerprint density at radius 1 is 0.935 bits per heavy atom. The lowest BCUT2D eigenvalue weighted by Gasteiger charge is -2.34. The molecule has 0 saturated carbocycles. The van der Waals surface area contributed by atoms with E-state index >= 15 is 0 Å². The van der Waals surface area contributed by atoms with E-state index in [1.807, 2.05) is 25.1 Å². The molecule has 2 aromatic carbocycles. The molecule has 0 aliphatic carbocycles. The Morgan fingerprint density at radius 2 is 1.74 bits per heavy atom. The van der Waals surface area contributed by atoms with Gasteiger partial charge in [-0.3, -0.25) is 0 Å². The van der Waals surface area contributed by atoms with Gasteiger partial charge < -0.3 is 29.9 Å². The minimum absolute atomic E-state index is 0.230. The first kappa shape index (κ1) is 19.4. The molecular formula is C23H26N6O2. The van der Waals surface area contributed by atoms with E-state index in [0.29, 0.717) is 11.7 Å². The van der Waals surface area contributed by atoms with Crippen molar-refractivity contribution in [3.63, 3.8) is 0 Å². The Hall–Kier alpha value is -3.52. The molecule has 5 rings (SSSR count). The van der Waals surface area contributed by atoms with Crippen molar-refractivity contribution < 1.29 is 9.47 Å². The van der Waals surface area contributed by atoms with Crippen LogP contribution >= 0.6 is 0 Å². The van der Waals surface area contributed by atoms with Crippen LogP contribution in [0.4, 0.5) is 28.8 Å². The fourth-order valence-corrected chi connectivity index (χ4v) is 3.73. The molecular weight excluding hydrogens is 392 g/mol. The van der Waals surface area contributed by atoms with Crippen molar-refractivity contribution in [2.24, 2.45) is 0 Å². The first-order chi connectivity index (χ1) is 15.2. The van der Waals surface area contributed by atoms with Crippen molar-refractivity contribution >= 4 is 28.8 Å². The van der Waals surface area contributed by atoms with Crippen LogP contribution < -0.4 is 25.0 Å². The summed E-state index contributed by atoms with van der Waals surface area (Å²) in [5, 5.41) is 6.65. The summed E-state index contributed by atoms with van der Waals surface area (Å²) >= 11 is 0. The van der Waals surface area contributed by atoms with E-state index in [2.05, 4.69) is 61.7 Å². The Morgan fingerprint density at radius 3 is 2.55 bits per heavy atom. The monoisotopic (exact) mass is 418 g/mol. The van der Waals surface area contributed by atoms with Crippen molar-refractivity contribution in [3.8, 4) is 11.5 Å². The van der Waals surface area contributed by atoms with Crippen LogP contribution in [0, 0.1) is 6.92 Å². The molecule has 1 saturated heterocycles. The number of nitrogens with zero attached hydrogens (tertiary/aromatic N) is 4. The number of ether oxygens (including phenoxy) is 2. The SMILES string of the molecule is Cc1cnc(Nc2ccc(N3CCN(C)CC3)cc2)nc1Nc1cccc2c1OCO2. The largest absolute Gasteiger partial charge is 0.454 e. The lowest BCUT2D eigenvalue weighted by molar-refractivity contribution is 0.174. The van der Waals surface area contributed by atoms with Crippen molar-refractivity contribution in [3.05, 3.63) is 54.2 Å². The topological polar surface area (TPSA) is 74.8 Å². The molecule has 2 aliphatic rings. The summed E-state index contributed by atoms with van der Waals surface area (Å²) < 4.78 is 11.0. The van der Waals surface area contributed by atoms with Gasteiger partial charge in [-0.2, -0.15) is 4.98 Å². The maximum Gasteiger partial charge on any atom is 0.231 e. The molecule has 0 amide bonds. The molecule has 3 aromatic rings. The summed E-state index contributed by atoms with van der Waals surface area (Å²) in [6.07, 6.45) is 1.80. The fraction of sp³-hybridized carbons (Fsp3) is 0.304.